The molecule has 0 aromatic rings. The van der Waals surface area contributed by atoms with Gasteiger partial charge in [0.15, 0.2) is 35.7 Å². The summed E-state index contributed by atoms with van der Waals surface area (Å²) >= 11 is 0. The van der Waals surface area contributed by atoms with Crippen LogP contribution in [0.5, 0.6) is 0 Å². The van der Waals surface area contributed by atoms with Crippen molar-refractivity contribution in [1.29, 1.82) is 0 Å². The van der Waals surface area contributed by atoms with Crippen LogP contribution in [0.15, 0.2) is 12.2 Å². The van der Waals surface area contributed by atoms with Crippen molar-refractivity contribution in [2.75, 3.05) is 13.2 Å². The lowest BCUT2D eigenvalue weighted by Crippen LogP contribution is -2.45. The van der Waals surface area contributed by atoms with E-state index in [4.69, 9.17) is 44.5 Å². The molecular weight excluding hydrogens is 1040 g/mol. The average molecular weight is 1140 g/mol. The smallest absolute Gasteiger partial charge is 0.349 e. The van der Waals surface area contributed by atoms with Gasteiger partial charge < -0.3 is 58.7 Å². The van der Waals surface area contributed by atoms with Crippen molar-refractivity contribution in [3.05, 3.63) is 12.2 Å². The number of rotatable bonds is 30. The van der Waals surface area contributed by atoms with Crippen molar-refractivity contribution in [2.45, 2.75) is 244 Å². The Morgan fingerprint density at radius 2 is 0.628 bits per heavy atom. The summed E-state index contributed by atoms with van der Waals surface area (Å²) in [6, 6.07) is 0. The number of aliphatic carboxylic acids is 5. The van der Waals surface area contributed by atoms with Crippen LogP contribution in [0, 0.1) is 0 Å². The lowest BCUT2D eigenvalue weighted by atomic mass is 10.1. The number of carboxylic acids is 5. The first-order chi connectivity index (χ1) is 31.7. The van der Waals surface area contributed by atoms with E-state index in [9.17, 15) is 62.3 Å². The van der Waals surface area contributed by atoms with Crippen LogP contribution in [-0.4, -0.2) is 159 Å². The quantitative estimate of drug-likeness (QED) is 0.0254. The van der Waals surface area contributed by atoms with Gasteiger partial charge in [0.05, 0.1) is 12.8 Å². The molecule has 0 saturated heterocycles. The third-order valence-corrected chi connectivity index (χ3v) is 7.57. The molecule has 0 fully saturated rings. The minimum absolute atomic E-state index is 0. The first-order valence-corrected chi connectivity index (χ1v) is 21.2. The number of Topliss-reactive ketones (excluding diaryl/α,β-unsaturated/α-hetero) is 3. The third kappa shape index (κ3) is 52.8. The van der Waals surface area contributed by atoms with E-state index in [-0.39, 0.29) is 120 Å². The fourth-order valence-electron chi connectivity index (χ4n) is 4.15. The van der Waals surface area contributed by atoms with Gasteiger partial charge in [0.25, 0.3) is 0 Å². The molecule has 7 atom stereocenters. The number of allylic oxidation sites excluding steroid dienone is 1. The largest absolute Gasteiger partial charge is 0.481 e. The Kier molecular flexibility index (Phi) is 86.6. The second-order valence-corrected chi connectivity index (χ2v) is 13.5. The maximum atomic E-state index is 11.5. The average Bonchev–Trinajstić information content (AvgIpc) is 3.26. The van der Waals surface area contributed by atoms with Crippen LogP contribution in [0.25, 0.3) is 0 Å². The zero-order chi connectivity index (χ0) is 53.7. The molecule has 0 heterocycles. The van der Waals surface area contributed by atoms with E-state index in [1.54, 1.807) is 13.0 Å². The van der Waals surface area contributed by atoms with Gasteiger partial charge in [-0.05, 0) is 40.0 Å². The predicted octanol–water partition coefficient (Wildman–Crippen LogP) is 9.03. The lowest BCUT2D eigenvalue weighted by molar-refractivity contribution is -0.181. The van der Waals surface area contributed by atoms with Crippen molar-refractivity contribution in [1.82, 2.24) is 0 Å². The minimum Gasteiger partial charge on any atom is -0.481 e. The topological polar surface area (TPSA) is 388 Å². The molecule has 0 aromatic heterocycles. The van der Waals surface area contributed by atoms with E-state index in [0.717, 1.165) is 20.3 Å². The monoisotopic (exact) mass is 1140 g/mol. The van der Waals surface area contributed by atoms with Crippen LogP contribution < -0.4 is 0 Å². The summed E-state index contributed by atoms with van der Waals surface area (Å²) in [7, 11) is 0. The minimum atomic E-state index is -1.85. The molecule has 0 spiro atoms. The van der Waals surface area contributed by atoms with E-state index in [1.165, 1.54) is 33.8 Å². The Morgan fingerprint density at radius 3 is 0.846 bits per heavy atom. The first kappa shape index (κ1) is 107. The van der Waals surface area contributed by atoms with Gasteiger partial charge in [-0.1, -0.05) is 135 Å². The van der Waals surface area contributed by atoms with Crippen molar-refractivity contribution in [2.24, 2.45) is 0 Å². The molecule has 7 unspecified atom stereocenters. The van der Waals surface area contributed by atoms with E-state index in [0.29, 0.717) is 12.8 Å². The fourth-order valence-corrected chi connectivity index (χ4v) is 4.15. The highest BCUT2D eigenvalue weighted by atomic mass is 16.6. The highest BCUT2D eigenvalue weighted by Crippen LogP contribution is 2.12. The fraction of sp³-hybridized carbons (Fsp3) is 0.717. The lowest BCUT2D eigenvalue weighted by Gasteiger charge is -2.21. The van der Waals surface area contributed by atoms with Gasteiger partial charge in [-0.25, -0.2) is 19.2 Å². The van der Waals surface area contributed by atoms with Crippen molar-refractivity contribution in [3.8, 4) is 0 Å². The van der Waals surface area contributed by atoms with E-state index in [2.05, 4.69) is 14.2 Å². The summed E-state index contributed by atoms with van der Waals surface area (Å²) in [6.07, 6.45) is -6.33. The van der Waals surface area contributed by atoms with Crippen molar-refractivity contribution < 1.29 is 121 Å². The Morgan fingerprint density at radius 1 is 0.359 bits per heavy atom. The molecular formula is C53H106O25. The molecule has 468 valence electrons. The van der Waals surface area contributed by atoms with Crippen molar-refractivity contribution >= 4 is 77.0 Å². The molecule has 0 aromatic carbocycles. The number of hydrogen-bond donors (Lipinski definition) is 5. The Hall–Kier alpha value is -6.63. The number of hydrogen-bond acceptors (Lipinski definition) is 20. The van der Waals surface area contributed by atoms with E-state index in [1.807, 2.05) is 20.8 Å². The number of ether oxygens (including phenoxy) is 7. The Balaban J connectivity index is -0.0000000566. The van der Waals surface area contributed by atoms with Gasteiger partial charge in [0, 0.05) is 38.9 Å². The molecule has 0 aliphatic rings. The van der Waals surface area contributed by atoms with Crippen molar-refractivity contribution in [3.63, 3.8) is 0 Å². The highest BCUT2D eigenvalue weighted by molar-refractivity contribution is 5.92. The third-order valence-electron chi connectivity index (χ3n) is 7.57. The number of carbonyl (C=O) groups excluding carboxylic acids is 8. The maximum Gasteiger partial charge on any atom is 0.349 e. The van der Waals surface area contributed by atoms with Crippen LogP contribution in [0.2, 0.25) is 0 Å². The van der Waals surface area contributed by atoms with E-state index < -0.39 is 126 Å². The molecule has 25 heteroatoms. The summed E-state index contributed by atoms with van der Waals surface area (Å²) in [5.74, 6) is -12.4. The molecule has 0 aliphatic heterocycles. The SMILES string of the molecule is C.C.C.C.C.C.C.C.C.C.CC/C=C\CC(=O)OC(C(=O)O)C(OC(=O)CC)C(C)=O.CCC(=O)OC(C(C)=O)C(OC(=O)CC)C(=O)O.CCC(=O)OC(CC(=O)O)C(C)=O.CCCOC(C(=O)O)C(OCCC)C(=O)O. The zero-order valence-electron chi connectivity index (χ0n) is 39.9. The predicted molar refractivity (Wildman–Crippen MR) is 297 cm³/mol. The van der Waals surface area contributed by atoms with Crippen LogP contribution in [0.1, 0.15) is 201 Å². The molecule has 0 aliphatic carbocycles. The molecule has 0 amide bonds. The second-order valence-electron chi connectivity index (χ2n) is 13.5. The summed E-state index contributed by atoms with van der Waals surface area (Å²) in [5.41, 5.74) is 0. The van der Waals surface area contributed by atoms with Gasteiger partial charge in [0.2, 0.25) is 24.4 Å². The molecule has 78 heavy (non-hydrogen) atoms. The number of carboxylic acid groups (broad SMARTS) is 5. The molecule has 0 radical (unpaired) electrons. The number of esters is 5. The highest BCUT2D eigenvalue weighted by Gasteiger charge is 2.39. The van der Waals surface area contributed by atoms with Crippen LogP contribution in [0.4, 0.5) is 0 Å². The Bertz CT molecular complexity index is 1650. The summed E-state index contributed by atoms with van der Waals surface area (Å²) in [4.78, 5) is 143. The number of carbonyl (C=O) groups is 13. The van der Waals surface area contributed by atoms with E-state index >= 15 is 0 Å². The maximum absolute atomic E-state index is 11.5. The molecule has 0 saturated carbocycles. The van der Waals surface area contributed by atoms with Crippen LogP contribution in [0.3, 0.4) is 0 Å². The molecule has 0 rings (SSSR count). The molecule has 0 bridgehead atoms. The van der Waals surface area contributed by atoms with Crippen LogP contribution in [-0.2, 0) is 95.5 Å². The molecule has 5 N–H and O–H groups in total. The Labute approximate surface area is 466 Å². The van der Waals surface area contributed by atoms with Gasteiger partial charge in [-0.2, -0.15) is 0 Å². The molecule has 25 nitrogen and oxygen atoms in total. The summed E-state index contributed by atoms with van der Waals surface area (Å²) < 4.78 is 33.3. The normalized spacial score (nSPS) is 11.6. The number of ketones is 3. The summed E-state index contributed by atoms with van der Waals surface area (Å²) in [5, 5.41) is 44.0. The standard InChI is InChI=1S/C14H20O7.C11H16O7.C10H18O6.C8H12O5.10CH4/c1-4-6-7-8-11(17)21-13(14(18)19)12(9(3)15)20-10(16)5-2;1-4-7(13)17-9(6(3)12)10(11(15)16)18-8(14)5-2;1-3-5-15-7(9(11)12)8(10(13)14)16-6-4-2;1-3-8(12)13-6(5(2)9)4-7(10)11;;;;;;;;;;/h6-7,12-13H,4-5,8H2,1-3H3,(H,18,19);9-10H,4-5H2,1-3H3,(H,15,16);7-8H,3-6H2,1-2H3,(H,11,12)(H,13,14);6H,3-4H2,1-2H3,(H,10,11);10*1H4/b7-6-;;;;;;;;;;;;;. The van der Waals surface area contributed by atoms with Crippen LogP contribution >= 0.6 is 0 Å². The first-order valence-electron chi connectivity index (χ1n) is 21.2. The zero-order valence-corrected chi connectivity index (χ0v) is 39.9. The second kappa shape index (κ2) is 62.9. The van der Waals surface area contributed by atoms with Gasteiger partial charge in [0.1, 0.15) is 0 Å². The summed E-state index contributed by atoms with van der Waals surface area (Å²) in [6.45, 7) is 15.2. The van der Waals surface area contributed by atoms with Gasteiger partial charge >= 0.3 is 59.7 Å². The van der Waals surface area contributed by atoms with Gasteiger partial charge in [-0.15, -0.1) is 0 Å². The van der Waals surface area contributed by atoms with Gasteiger partial charge in [-0.3, -0.25) is 43.2 Å².